The number of rotatable bonds is 5. The molecule has 0 radical (unpaired) electrons. The summed E-state index contributed by atoms with van der Waals surface area (Å²) in [5.41, 5.74) is 4.13. The molecule has 0 aliphatic rings. The number of imidazole rings is 1. The highest BCUT2D eigenvalue weighted by Crippen LogP contribution is 2.27. The second-order valence-corrected chi connectivity index (χ2v) is 5.84. The number of ether oxygens (including phenoxy) is 1. The van der Waals surface area contributed by atoms with E-state index in [0.717, 1.165) is 16.8 Å². The fraction of sp³-hybridized carbons (Fsp3) is 0.263. The molecule has 7 heteroatoms. The van der Waals surface area contributed by atoms with Gasteiger partial charge in [0.05, 0.1) is 18.9 Å². The SMILES string of the molecule is CCOC(=O)c1nc2cc(CO)ccn2c1N=Nc1cccc(C)c1C. The molecule has 2 heterocycles. The monoisotopic (exact) mass is 352 g/mol. The smallest absolute Gasteiger partial charge is 0.360 e. The lowest BCUT2D eigenvalue weighted by Gasteiger charge is -2.03. The van der Waals surface area contributed by atoms with Crippen molar-refractivity contribution in [1.29, 1.82) is 0 Å². The van der Waals surface area contributed by atoms with Crippen LogP contribution < -0.4 is 0 Å². The Morgan fingerprint density at radius 2 is 2.08 bits per heavy atom. The Labute approximate surface area is 151 Å². The van der Waals surface area contributed by atoms with E-state index in [1.165, 1.54) is 0 Å². The van der Waals surface area contributed by atoms with Crippen LogP contribution in [-0.4, -0.2) is 27.1 Å². The van der Waals surface area contributed by atoms with E-state index in [1.807, 2.05) is 32.0 Å². The van der Waals surface area contributed by atoms with Crippen molar-refractivity contribution >= 4 is 23.1 Å². The van der Waals surface area contributed by atoms with E-state index in [0.29, 0.717) is 17.0 Å². The maximum absolute atomic E-state index is 12.3. The number of carbonyl (C=O) groups is 1. The molecule has 0 atom stereocenters. The van der Waals surface area contributed by atoms with Gasteiger partial charge in [0, 0.05) is 6.20 Å². The van der Waals surface area contributed by atoms with E-state index < -0.39 is 5.97 Å². The third-order valence-electron chi connectivity index (χ3n) is 4.15. The van der Waals surface area contributed by atoms with Gasteiger partial charge in [-0.25, -0.2) is 9.78 Å². The zero-order chi connectivity index (χ0) is 18.7. The Morgan fingerprint density at radius 3 is 2.81 bits per heavy atom. The Kier molecular flexibility index (Phi) is 5.09. The number of aliphatic hydroxyl groups is 1. The van der Waals surface area contributed by atoms with Crippen molar-refractivity contribution < 1.29 is 14.6 Å². The zero-order valence-electron chi connectivity index (χ0n) is 14.9. The summed E-state index contributed by atoms with van der Waals surface area (Å²) in [7, 11) is 0. The number of aliphatic hydroxyl groups excluding tert-OH is 1. The predicted molar refractivity (Wildman–Crippen MR) is 97.2 cm³/mol. The quantitative estimate of drug-likeness (QED) is 0.554. The van der Waals surface area contributed by atoms with Crippen molar-refractivity contribution in [2.75, 3.05) is 6.61 Å². The number of hydrogen-bond acceptors (Lipinski definition) is 6. The second-order valence-electron chi connectivity index (χ2n) is 5.84. The van der Waals surface area contributed by atoms with Gasteiger partial charge in [-0.3, -0.25) is 4.40 Å². The highest BCUT2D eigenvalue weighted by atomic mass is 16.5. The topological polar surface area (TPSA) is 88.5 Å². The van der Waals surface area contributed by atoms with Crippen LogP contribution in [0.4, 0.5) is 11.5 Å². The average molecular weight is 352 g/mol. The van der Waals surface area contributed by atoms with Crippen molar-refractivity contribution in [3.8, 4) is 0 Å². The highest BCUT2D eigenvalue weighted by Gasteiger charge is 2.20. The van der Waals surface area contributed by atoms with Gasteiger partial charge in [0.1, 0.15) is 5.65 Å². The molecule has 0 amide bonds. The molecule has 1 aromatic carbocycles. The zero-order valence-corrected chi connectivity index (χ0v) is 14.9. The van der Waals surface area contributed by atoms with Gasteiger partial charge < -0.3 is 9.84 Å². The Balaban J connectivity index is 2.12. The molecule has 7 nitrogen and oxygen atoms in total. The first-order valence-electron chi connectivity index (χ1n) is 8.32. The van der Waals surface area contributed by atoms with Crippen molar-refractivity contribution in [2.45, 2.75) is 27.4 Å². The van der Waals surface area contributed by atoms with Crippen LogP contribution in [0, 0.1) is 13.8 Å². The molecule has 3 aromatic rings. The van der Waals surface area contributed by atoms with Crippen LogP contribution >= 0.6 is 0 Å². The van der Waals surface area contributed by atoms with Gasteiger partial charge in [0.25, 0.3) is 0 Å². The van der Waals surface area contributed by atoms with Gasteiger partial charge in [-0.05, 0) is 55.7 Å². The van der Waals surface area contributed by atoms with Gasteiger partial charge >= 0.3 is 5.97 Å². The molecule has 2 aromatic heterocycles. The Morgan fingerprint density at radius 1 is 1.27 bits per heavy atom. The van der Waals surface area contributed by atoms with Crippen LogP contribution in [0.25, 0.3) is 5.65 Å². The summed E-state index contributed by atoms with van der Waals surface area (Å²) in [5, 5.41) is 17.9. The summed E-state index contributed by atoms with van der Waals surface area (Å²) >= 11 is 0. The molecule has 0 saturated carbocycles. The summed E-state index contributed by atoms with van der Waals surface area (Å²) in [6, 6.07) is 9.21. The van der Waals surface area contributed by atoms with Gasteiger partial charge in [-0.2, -0.15) is 0 Å². The van der Waals surface area contributed by atoms with E-state index in [-0.39, 0.29) is 18.9 Å². The third-order valence-corrected chi connectivity index (χ3v) is 4.15. The number of aromatic nitrogens is 2. The Bertz CT molecular complexity index is 992. The van der Waals surface area contributed by atoms with E-state index in [1.54, 1.807) is 29.7 Å². The molecule has 0 bridgehead atoms. The number of nitrogens with zero attached hydrogens (tertiary/aromatic N) is 4. The predicted octanol–water partition coefficient (Wildman–Crippen LogP) is 4.04. The highest BCUT2D eigenvalue weighted by molar-refractivity contribution is 5.93. The van der Waals surface area contributed by atoms with Gasteiger partial charge in [0.2, 0.25) is 0 Å². The van der Waals surface area contributed by atoms with Crippen LogP contribution in [0.2, 0.25) is 0 Å². The van der Waals surface area contributed by atoms with Crippen LogP contribution in [-0.2, 0) is 11.3 Å². The van der Waals surface area contributed by atoms with E-state index in [2.05, 4.69) is 15.2 Å². The lowest BCUT2D eigenvalue weighted by Crippen LogP contribution is -2.05. The number of pyridine rings is 1. The van der Waals surface area contributed by atoms with E-state index >= 15 is 0 Å². The standard InChI is InChI=1S/C19H20N4O3/c1-4-26-19(25)17-18(22-21-15-7-5-6-12(2)13(15)3)23-9-8-14(11-24)10-16(23)20-17/h5-10,24H,4,11H2,1-3H3. The molecular weight excluding hydrogens is 332 g/mol. The molecule has 0 aliphatic heterocycles. The number of aryl methyl sites for hydroxylation is 1. The molecule has 3 rings (SSSR count). The minimum Gasteiger partial charge on any atom is -0.461 e. The molecule has 0 spiro atoms. The largest absolute Gasteiger partial charge is 0.461 e. The molecule has 26 heavy (non-hydrogen) atoms. The molecule has 0 aliphatic carbocycles. The number of esters is 1. The van der Waals surface area contributed by atoms with Crippen LogP contribution in [0.5, 0.6) is 0 Å². The fourth-order valence-corrected chi connectivity index (χ4v) is 2.55. The minimum absolute atomic E-state index is 0.0935. The van der Waals surface area contributed by atoms with Crippen molar-refractivity contribution in [2.24, 2.45) is 10.2 Å². The van der Waals surface area contributed by atoms with E-state index in [4.69, 9.17) is 4.74 Å². The number of fused-ring (bicyclic) bond motifs is 1. The van der Waals surface area contributed by atoms with Crippen molar-refractivity contribution in [3.63, 3.8) is 0 Å². The maximum Gasteiger partial charge on any atom is 0.360 e. The number of hydrogen-bond donors (Lipinski definition) is 1. The second kappa shape index (κ2) is 7.45. The molecule has 0 saturated heterocycles. The molecule has 0 unspecified atom stereocenters. The van der Waals surface area contributed by atoms with Crippen molar-refractivity contribution in [1.82, 2.24) is 9.38 Å². The summed E-state index contributed by atoms with van der Waals surface area (Å²) in [4.78, 5) is 16.6. The lowest BCUT2D eigenvalue weighted by molar-refractivity contribution is 0.0521. The summed E-state index contributed by atoms with van der Waals surface area (Å²) in [6.45, 7) is 5.83. The fourth-order valence-electron chi connectivity index (χ4n) is 2.55. The minimum atomic E-state index is -0.559. The average Bonchev–Trinajstić information content (AvgIpc) is 3.01. The number of carbonyl (C=O) groups excluding carboxylic acids is 1. The summed E-state index contributed by atoms with van der Waals surface area (Å²) in [5.74, 6) is -0.263. The first-order valence-corrected chi connectivity index (χ1v) is 8.32. The molecule has 1 N–H and O–H groups in total. The Hall–Kier alpha value is -3.06. The van der Waals surface area contributed by atoms with Crippen LogP contribution in [0.3, 0.4) is 0 Å². The van der Waals surface area contributed by atoms with E-state index in [9.17, 15) is 9.90 Å². The van der Waals surface area contributed by atoms with Crippen LogP contribution in [0.15, 0.2) is 46.8 Å². The molecule has 134 valence electrons. The maximum atomic E-state index is 12.3. The number of benzene rings is 1. The van der Waals surface area contributed by atoms with Crippen LogP contribution in [0.1, 0.15) is 34.1 Å². The lowest BCUT2D eigenvalue weighted by atomic mass is 10.1. The molecule has 0 fully saturated rings. The normalized spacial score (nSPS) is 11.4. The molecular formula is C19H20N4O3. The van der Waals surface area contributed by atoms with Gasteiger partial charge in [0.15, 0.2) is 11.5 Å². The first kappa shape index (κ1) is 17.8. The van der Waals surface area contributed by atoms with Gasteiger partial charge in [-0.1, -0.05) is 12.1 Å². The van der Waals surface area contributed by atoms with Gasteiger partial charge in [-0.15, -0.1) is 10.2 Å². The summed E-state index contributed by atoms with van der Waals surface area (Å²) in [6.07, 6.45) is 1.70. The third kappa shape index (κ3) is 3.34. The first-order chi connectivity index (χ1) is 12.5. The number of azo groups is 1. The van der Waals surface area contributed by atoms with Crippen molar-refractivity contribution in [3.05, 3.63) is 58.9 Å². The summed E-state index contributed by atoms with van der Waals surface area (Å²) < 4.78 is 6.74.